The van der Waals surface area contributed by atoms with Crippen LogP contribution in [0.4, 0.5) is 0 Å². The summed E-state index contributed by atoms with van der Waals surface area (Å²) >= 11 is 0. The van der Waals surface area contributed by atoms with E-state index in [0.29, 0.717) is 0 Å². The van der Waals surface area contributed by atoms with Gasteiger partial charge in [-0.3, -0.25) is 0 Å². The van der Waals surface area contributed by atoms with Crippen molar-refractivity contribution in [1.29, 1.82) is 0 Å². The molecule has 0 spiro atoms. The molecule has 0 bridgehead atoms. The van der Waals surface area contributed by atoms with Gasteiger partial charge >= 0.3 is 0 Å². The molecule has 4 heteroatoms. The molecule has 2 aromatic heterocycles. The number of pyridine rings is 1. The molecule has 0 unspecified atom stereocenters. The molecular weight excluding hydrogens is 212 g/mol. The summed E-state index contributed by atoms with van der Waals surface area (Å²) in [5.41, 5.74) is 2.05. The molecule has 0 radical (unpaired) electrons. The molecule has 0 aromatic carbocycles. The first-order chi connectivity index (χ1) is 8.29. The van der Waals surface area contributed by atoms with E-state index in [1.807, 2.05) is 37.4 Å². The third-order valence-corrected chi connectivity index (χ3v) is 2.48. The quantitative estimate of drug-likeness (QED) is 0.800. The van der Waals surface area contributed by atoms with E-state index in [9.17, 15) is 0 Å². The SMILES string of the molecule is CCCNCc1cccc(-n2ccc(C)n2)n1. The Labute approximate surface area is 102 Å². The number of nitrogens with zero attached hydrogens (tertiary/aromatic N) is 3. The highest BCUT2D eigenvalue weighted by atomic mass is 15.3. The average Bonchev–Trinajstić information content (AvgIpc) is 2.77. The van der Waals surface area contributed by atoms with Crippen molar-refractivity contribution in [3.8, 4) is 5.82 Å². The number of aryl methyl sites for hydroxylation is 1. The van der Waals surface area contributed by atoms with E-state index in [1.54, 1.807) is 4.68 Å². The van der Waals surface area contributed by atoms with Crippen LogP contribution in [-0.2, 0) is 6.54 Å². The molecule has 0 aliphatic heterocycles. The molecule has 2 rings (SSSR count). The van der Waals surface area contributed by atoms with Gasteiger partial charge in [0.15, 0.2) is 5.82 Å². The lowest BCUT2D eigenvalue weighted by Gasteiger charge is -2.05. The predicted molar refractivity (Wildman–Crippen MR) is 68.1 cm³/mol. The van der Waals surface area contributed by atoms with Crippen molar-refractivity contribution < 1.29 is 0 Å². The van der Waals surface area contributed by atoms with Crippen molar-refractivity contribution in [2.24, 2.45) is 0 Å². The number of hydrogen-bond donors (Lipinski definition) is 1. The van der Waals surface area contributed by atoms with Gasteiger partial charge in [0, 0.05) is 12.7 Å². The third-order valence-electron chi connectivity index (χ3n) is 2.48. The van der Waals surface area contributed by atoms with Crippen molar-refractivity contribution in [1.82, 2.24) is 20.1 Å². The van der Waals surface area contributed by atoms with Crippen molar-refractivity contribution in [2.75, 3.05) is 6.54 Å². The Balaban J connectivity index is 2.11. The molecule has 0 atom stereocenters. The summed E-state index contributed by atoms with van der Waals surface area (Å²) < 4.78 is 1.80. The van der Waals surface area contributed by atoms with Crippen LogP contribution < -0.4 is 5.32 Å². The highest BCUT2D eigenvalue weighted by Gasteiger charge is 2.01. The molecule has 2 heterocycles. The van der Waals surface area contributed by atoms with Gasteiger partial charge in [-0.1, -0.05) is 13.0 Å². The molecule has 0 amide bonds. The summed E-state index contributed by atoms with van der Waals surface area (Å²) in [5, 5.41) is 7.70. The first kappa shape index (κ1) is 11.8. The second kappa shape index (κ2) is 5.59. The molecule has 0 saturated carbocycles. The van der Waals surface area contributed by atoms with Gasteiger partial charge in [0.2, 0.25) is 0 Å². The molecule has 0 aliphatic carbocycles. The van der Waals surface area contributed by atoms with Crippen molar-refractivity contribution in [3.63, 3.8) is 0 Å². The van der Waals surface area contributed by atoms with Crippen LogP contribution in [0.5, 0.6) is 0 Å². The van der Waals surface area contributed by atoms with E-state index in [-0.39, 0.29) is 0 Å². The van der Waals surface area contributed by atoms with Crippen LogP contribution in [0.3, 0.4) is 0 Å². The van der Waals surface area contributed by atoms with Gasteiger partial charge in [-0.2, -0.15) is 5.10 Å². The van der Waals surface area contributed by atoms with Gasteiger partial charge in [-0.25, -0.2) is 9.67 Å². The molecular formula is C13H18N4. The molecule has 90 valence electrons. The molecule has 0 aliphatic rings. The maximum Gasteiger partial charge on any atom is 0.153 e. The standard InChI is InChI=1S/C13H18N4/c1-3-8-14-10-12-5-4-6-13(15-12)17-9-7-11(2)16-17/h4-7,9,14H,3,8,10H2,1-2H3. The van der Waals surface area contributed by atoms with Gasteiger partial charge in [-0.15, -0.1) is 0 Å². The normalized spacial score (nSPS) is 10.7. The van der Waals surface area contributed by atoms with Gasteiger partial charge in [-0.05, 0) is 38.1 Å². The van der Waals surface area contributed by atoms with Crippen LogP contribution >= 0.6 is 0 Å². The Morgan fingerprint density at radius 3 is 2.88 bits per heavy atom. The van der Waals surface area contributed by atoms with E-state index in [2.05, 4.69) is 22.3 Å². The molecule has 4 nitrogen and oxygen atoms in total. The fourth-order valence-electron chi connectivity index (χ4n) is 1.63. The Bertz CT molecular complexity index is 476. The first-order valence-corrected chi connectivity index (χ1v) is 5.99. The third kappa shape index (κ3) is 3.14. The van der Waals surface area contributed by atoms with E-state index in [1.165, 1.54) is 0 Å². The Morgan fingerprint density at radius 1 is 1.29 bits per heavy atom. The smallest absolute Gasteiger partial charge is 0.153 e. The molecule has 0 saturated heterocycles. The minimum atomic E-state index is 0.807. The summed E-state index contributed by atoms with van der Waals surface area (Å²) in [5.74, 6) is 0.869. The fourth-order valence-corrected chi connectivity index (χ4v) is 1.63. The molecule has 17 heavy (non-hydrogen) atoms. The monoisotopic (exact) mass is 230 g/mol. The van der Waals surface area contributed by atoms with Crippen LogP contribution in [0.2, 0.25) is 0 Å². The van der Waals surface area contributed by atoms with Crippen LogP contribution in [0.25, 0.3) is 5.82 Å². The minimum absolute atomic E-state index is 0.807. The largest absolute Gasteiger partial charge is 0.311 e. The van der Waals surface area contributed by atoms with Crippen molar-refractivity contribution in [3.05, 3.63) is 41.9 Å². The molecule has 1 N–H and O–H groups in total. The lowest BCUT2D eigenvalue weighted by Crippen LogP contribution is -2.15. The van der Waals surface area contributed by atoms with E-state index >= 15 is 0 Å². The van der Waals surface area contributed by atoms with Crippen LogP contribution in [0, 0.1) is 6.92 Å². The van der Waals surface area contributed by atoms with Gasteiger partial charge in [0.1, 0.15) is 0 Å². The summed E-state index contributed by atoms with van der Waals surface area (Å²) in [7, 11) is 0. The van der Waals surface area contributed by atoms with Crippen LogP contribution in [-0.4, -0.2) is 21.3 Å². The van der Waals surface area contributed by atoms with Gasteiger partial charge in [0.05, 0.1) is 11.4 Å². The summed E-state index contributed by atoms with van der Waals surface area (Å²) in [6.07, 6.45) is 3.07. The zero-order valence-corrected chi connectivity index (χ0v) is 10.3. The first-order valence-electron chi connectivity index (χ1n) is 5.99. The summed E-state index contributed by atoms with van der Waals surface area (Å²) in [6.45, 7) is 5.96. The summed E-state index contributed by atoms with van der Waals surface area (Å²) in [4.78, 5) is 4.57. The zero-order chi connectivity index (χ0) is 12.1. The topological polar surface area (TPSA) is 42.7 Å². The lowest BCUT2D eigenvalue weighted by molar-refractivity contribution is 0.661. The highest BCUT2D eigenvalue weighted by molar-refractivity contribution is 5.24. The van der Waals surface area contributed by atoms with Gasteiger partial charge in [0.25, 0.3) is 0 Å². The van der Waals surface area contributed by atoms with E-state index in [0.717, 1.165) is 36.7 Å². The number of aromatic nitrogens is 3. The van der Waals surface area contributed by atoms with E-state index < -0.39 is 0 Å². The Morgan fingerprint density at radius 2 is 2.18 bits per heavy atom. The molecule has 0 fully saturated rings. The highest BCUT2D eigenvalue weighted by Crippen LogP contribution is 2.05. The Hall–Kier alpha value is -1.68. The fraction of sp³-hybridized carbons (Fsp3) is 0.385. The maximum absolute atomic E-state index is 4.57. The summed E-state index contributed by atoms with van der Waals surface area (Å²) in [6, 6.07) is 7.99. The average molecular weight is 230 g/mol. The van der Waals surface area contributed by atoms with E-state index in [4.69, 9.17) is 0 Å². The lowest BCUT2D eigenvalue weighted by atomic mass is 10.3. The predicted octanol–water partition coefficient (Wildman–Crippen LogP) is 2.08. The number of hydrogen-bond acceptors (Lipinski definition) is 3. The maximum atomic E-state index is 4.57. The van der Waals surface area contributed by atoms with Crippen molar-refractivity contribution in [2.45, 2.75) is 26.8 Å². The molecule has 2 aromatic rings. The second-order valence-electron chi connectivity index (χ2n) is 4.07. The van der Waals surface area contributed by atoms with Crippen molar-refractivity contribution >= 4 is 0 Å². The zero-order valence-electron chi connectivity index (χ0n) is 10.3. The number of nitrogens with one attached hydrogen (secondary N) is 1. The van der Waals surface area contributed by atoms with Gasteiger partial charge < -0.3 is 5.32 Å². The van der Waals surface area contributed by atoms with Crippen LogP contribution in [0.15, 0.2) is 30.5 Å². The number of rotatable bonds is 5. The minimum Gasteiger partial charge on any atom is -0.311 e. The second-order valence-corrected chi connectivity index (χ2v) is 4.07. The van der Waals surface area contributed by atoms with Crippen LogP contribution in [0.1, 0.15) is 24.7 Å². The Kier molecular flexibility index (Phi) is 3.88.